The number of hydrogen-bond donors (Lipinski definition) is 2. The van der Waals surface area contributed by atoms with Crippen LogP contribution in [0.2, 0.25) is 0 Å². The van der Waals surface area contributed by atoms with Crippen LogP contribution in [0.1, 0.15) is 20.9 Å². The average molecular weight is 461 g/mol. The van der Waals surface area contributed by atoms with Gasteiger partial charge >= 0.3 is 6.18 Å². The summed E-state index contributed by atoms with van der Waals surface area (Å²) in [4.78, 5) is 23.9. The van der Waals surface area contributed by atoms with Gasteiger partial charge in [-0.2, -0.15) is 18.3 Å². The normalized spacial score (nSPS) is 11.5. The van der Waals surface area contributed by atoms with E-state index in [0.717, 1.165) is 33.3 Å². The van der Waals surface area contributed by atoms with Crippen molar-refractivity contribution in [2.45, 2.75) is 13.1 Å². The molecule has 0 radical (unpaired) electrons. The summed E-state index contributed by atoms with van der Waals surface area (Å²) < 4.78 is 40.2. The van der Waals surface area contributed by atoms with Gasteiger partial charge in [-0.05, 0) is 37.3 Å². The lowest BCUT2D eigenvalue weighted by molar-refractivity contribution is -0.384. The van der Waals surface area contributed by atoms with Crippen LogP contribution in [0.5, 0.6) is 0 Å². The summed E-state index contributed by atoms with van der Waals surface area (Å²) in [7, 11) is 0. The van der Waals surface area contributed by atoms with Crippen LogP contribution >= 0.6 is 11.3 Å². The molecule has 0 saturated carbocycles. The number of amides is 1. The number of alkyl halides is 3. The number of nitro benzene ring substituents is 1. The molecule has 2 aromatic carbocycles. The molecule has 8 nitrogen and oxygen atoms in total. The Kier molecular flexibility index (Phi) is 5.30. The molecule has 0 aliphatic carbocycles. The molecule has 0 unspecified atom stereocenters. The van der Waals surface area contributed by atoms with Gasteiger partial charge in [-0.25, -0.2) is 4.68 Å². The Labute approximate surface area is 182 Å². The topological polar surface area (TPSA) is 102 Å². The number of hydrazine groups is 1. The van der Waals surface area contributed by atoms with Crippen molar-refractivity contribution >= 4 is 38.8 Å². The first-order valence-corrected chi connectivity index (χ1v) is 9.93. The highest BCUT2D eigenvalue weighted by atomic mass is 32.1. The van der Waals surface area contributed by atoms with Crippen molar-refractivity contribution in [2.24, 2.45) is 0 Å². The number of benzene rings is 2. The van der Waals surface area contributed by atoms with Crippen molar-refractivity contribution in [3.8, 4) is 5.69 Å². The van der Waals surface area contributed by atoms with E-state index < -0.39 is 28.3 Å². The lowest BCUT2D eigenvalue weighted by atomic mass is 10.1. The predicted octanol–water partition coefficient (Wildman–Crippen LogP) is 5.08. The van der Waals surface area contributed by atoms with Gasteiger partial charge in [0.2, 0.25) is 0 Å². The maximum Gasteiger partial charge on any atom is 0.416 e. The molecule has 1 amide bonds. The van der Waals surface area contributed by atoms with Crippen molar-refractivity contribution in [3.63, 3.8) is 0 Å². The largest absolute Gasteiger partial charge is 0.416 e. The minimum Gasteiger partial charge on any atom is -0.292 e. The van der Waals surface area contributed by atoms with Gasteiger partial charge in [-0.1, -0.05) is 18.2 Å². The van der Waals surface area contributed by atoms with Crippen molar-refractivity contribution in [1.29, 1.82) is 0 Å². The third kappa shape index (κ3) is 3.99. The molecule has 32 heavy (non-hydrogen) atoms. The van der Waals surface area contributed by atoms with E-state index in [4.69, 9.17) is 0 Å². The Morgan fingerprint density at radius 3 is 2.53 bits per heavy atom. The molecule has 12 heteroatoms. The summed E-state index contributed by atoms with van der Waals surface area (Å²) in [6, 6.07) is 13.0. The standard InChI is InChI=1S/C20H14F3N5O3S/c1-11-14-10-17(32-19(14)27(26-11)13-5-3-2-4-6-13)18(29)25-24-15-8-7-12(20(21,22)23)9-16(15)28(30)31/h2-10,24H,1H3,(H,25,29). The molecular weight excluding hydrogens is 447 g/mol. The lowest BCUT2D eigenvalue weighted by Gasteiger charge is -2.11. The minimum atomic E-state index is -4.73. The van der Waals surface area contributed by atoms with Crippen molar-refractivity contribution < 1.29 is 22.9 Å². The van der Waals surface area contributed by atoms with E-state index in [-0.39, 0.29) is 5.69 Å². The minimum absolute atomic E-state index is 0.274. The van der Waals surface area contributed by atoms with Crippen molar-refractivity contribution in [2.75, 3.05) is 5.43 Å². The van der Waals surface area contributed by atoms with E-state index in [0.29, 0.717) is 22.7 Å². The number of anilines is 1. The fourth-order valence-electron chi connectivity index (χ4n) is 3.05. The third-order valence-corrected chi connectivity index (χ3v) is 5.71. The van der Waals surface area contributed by atoms with E-state index in [1.807, 2.05) is 30.3 Å². The van der Waals surface area contributed by atoms with E-state index in [2.05, 4.69) is 16.0 Å². The maximum absolute atomic E-state index is 12.8. The number of nitrogens with one attached hydrogen (secondary N) is 2. The van der Waals surface area contributed by atoms with Crippen LogP contribution in [0.4, 0.5) is 24.5 Å². The smallest absolute Gasteiger partial charge is 0.292 e. The van der Waals surface area contributed by atoms with Gasteiger partial charge in [-0.15, -0.1) is 11.3 Å². The number of halogens is 3. The monoisotopic (exact) mass is 461 g/mol. The first kappa shape index (κ1) is 21.3. The number of rotatable bonds is 5. The number of hydrogen-bond acceptors (Lipinski definition) is 6. The van der Waals surface area contributed by atoms with Gasteiger partial charge in [0.1, 0.15) is 10.5 Å². The van der Waals surface area contributed by atoms with Gasteiger partial charge in [0.05, 0.1) is 26.7 Å². The lowest BCUT2D eigenvalue weighted by Crippen LogP contribution is -2.29. The Balaban J connectivity index is 1.58. The van der Waals surface area contributed by atoms with Crippen LogP contribution in [0, 0.1) is 17.0 Å². The number of fused-ring (bicyclic) bond motifs is 1. The SMILES string of the molecule is Cc1nn(-c2ccccc2)c2sc(C(=O)NNc3ccc(C(F)(F)F)cc3[N+](=O)[O-])cc12. The van der Waals surface area contributed by atoms with Crippen LogP contribution in [-0.2, 0) is 6.18 Å². The van der Waals surface area contributed by atoms with Gasteiger partial charge in [0.25, 0.3) is 11.6 Å². The highest BCUT2D eigenvalue weighted by molar-refractivity contribution is 7.20. The van der Waals surface area contributed by atoms with Crippen molar-refractivity contribution in [1.82, 2.24) is 15.2 Å². The number of para-hydroxylation sites is 1. The summed E-state index contributed by atoms with van der Waals surface area (Å²) in [6.07, 6.45) is -4.73. The zero-order chi connectivity index (χ0) is 23.0. The van der Waals surface area contributed by atoms with E-state index in [9.17, 15) is 28.1 Å². The molecule has 0 bridgehead atoms. The Hall–Kier alpha value is -3.93. The van der Waals surface area contributed by atoms with E-state index in [1.54, 1.807) is 17.7 Å². The third-order valence-electron chi connectivity index (χ3n) is 4.60. The van der Waals surface area contributed by atoms with Crippen LogP contribution in [0.25, 0.3) is 15.9 Å². The number of aromatic nitrogens is 2. The highest BCUT2D eigenvalue weighted by Crippen LogP contribution is 2.35. The number of nitro groups is 1. The van der Waals surface area contributed by atoms with Gasteiger partial charge in [0.15, 0.2) is 0 Å². The summed E-state index contributed by atoms with van der Waals surface area (Å²) in [5.41, 5.74) is 3.93. The number of aryl methyl sites for hydroxylation is 1. The van der Waals surface area contributed by atoms with Crippen LogP contribution in [0.15, 0.2) is 54.6 Å². The Morgan fingerprint density at radius 1 is 1.16 bits per heavy atom. The molecule has 4 aromatic rings. The summed E-state index contributed by atoms with van der Waals surface area (Å²) in [5.74, 6) is -0.598. The molecule has 0 aliphatic heterocycles. The second-order valence-corrected chi connectivity index (χ2v) is 7.76. The summed E-state index contributed by atoms with van der Waals surface area (Å²) in [5, 5.41) is 16.4. The number of carbonyl (C=O) groups excluding carboxylic acids is 1. The second-order valence-electron chi connectivity index (χ2n) is 6.73. The summed E-state index contributed by atoms with van der Waals surface area (Å²) >= 11 is 1.16. The molecule has 0 spiro atoms. The molecule has 0 fully saturated rings. The molecule has 2 aromatic heterocycles. The van der Waals surface area contributed by atoms with Gasteiger partial charge in [0, 0.05) is 11.5 Å². The Bertz CT molecular complexity index is 1330. The first-order chi connectivity index (χ1) is 15.1. The fourth-order valence-corrected chi connectivity index (χ4v) is 4.13. The molecule has 164 valence electrons. The van der Waals surface area contributed by atoms with E-state index >= 15 is 0 Å². The van der Waals surface area contributed by atoms with E-state index in [1.165, 1.54) is 0 Å². The Morgan fingerprint density at radius 2 is 1.88 bits per heavy atom. The summed E-state index contributed by atoms with van der Waals surface area (Å²) in [6.45, 7) is 1.81. The number of thiophene rings is 1. The van der Waals surface area contributed by atoms with Gasteiger partial charge < -0.3 is 0 Å². The number of nitrogens with zero attached hydrogens (tertiary/aromatic N) is 3. The maximum atomic E-state index is 12.8. The number of carbonyl (C=O) groups is 1. The zero-order valence-electron chi connectivity index (χ0n) is 16.3. The quantitative estimate of drug-likeness (QED) is 0.319. The van der Waals surface area contributed by atoms with Crippen molar-refractivity contribution in [3.05, 3.63) is 80.8 Å². The van der Waals surface area contributed by atoms with Crippen LogP contribution in [-0.4, -0.2) is 20.6 Å². The molecule has 0 aliphatic rings. The molecule has 0 saturated heterocycles. The highest BCUT2D eigenvalue weighted by Gasteiger charge is 2.33. The van der Waals surface area contributed by atoms with Crippen LogP contribution in [0.3, 0.4) is 0 Å². The first-order valence-electron chi connectivity index (χ1n) is 9.11. The predicted molar refractivity (Wildman–Crippen MR) is 113 cm³/mol. The average Bonchev–Trinajstić information content (AvgIpc) is 3.32. The molecule has 4 rings (SSSR count). The molecule has 2 heterocycles. The van der Waals surface area contributed by atoms with Gasteiger partial charge in [-0.3, -0.25) is 25.8 Å². The molecular formula is C20H14F3N5O3S. The van der Waals surface area contributed by atoms with Crippen LogP contribution < -0.4 is 10.9 Å². The molecule has 2 N–H and O–H groups in total. The molecule has 0 atom stereocenters. The fraction of sp³-hybridized carbons (Fsp3) is 0.100. The second kappa shape index (κ2) is 7.96. The zero-order valence-corrected chi connectivity index (χ0v) is 17.1.